The average molecular weight is 307 g/mol. The van der Waals surface area contributed by atoms with Crippen molar-refractivity contribution >= 4 is 22.7 Å². The molecule has 0 aliphatic carbocycles. The Hall–Kier alpha value is -2.28. The summed E-state index contributed by atoms with van der Waals surface area (Å²) >= 11 is 1.50. The van der Waals surface area contributed by atoms with E-state index in [9.17, 15) is 0 Å². The highest BCUT2D eigenvalue weighted by molar-refractivity contribution is 7.13. The van der Waals surface area contributed by atoms with Gasteiger partial charge in [0, 0.05) is 17.0 Å². The molecule has 2 rings (SSSR count). The highest BCUT2D eigenvalue weighted by atomic mass is 32.1. The minimum absolute atomic E-state index is 0.606. The molecular formula is C14H17N3O3S. The monoisotopic (exact) mass is 307 g/mol. The Morgan fingerprint density at radius 1 is 1.10 bits per heavy atom. The Labute approximate surface area is 127 Å². The van der Waals surface area contributed by atoms with Crippen LogP contribution in [0.5, 0.6) is 17.2 Å². The highest BCUT2D eigenvalue weighted by Crippen LogP contribution is 2.33. The molecule has 1 aromatic carbocycles. The molecule has 0 fully saturated rings. The van der Waals surface area contributed by atoms with E-state index >= 15 is 0 Å². The van der Waals surface area contributed by atoms with E-state index in [0.29, 0.717) is 17.2 Å². The van der Waals surface area contributed by atoms with Gasteiger partial charge in [0.2, 0.25) is 5.13 Å². The molecule has 0 saturated heterocycles. The summed E-state index contributed by atoms with van der Waals surface area (Å²) in [4.78, 5) is 4.26. The predicted octanol–water partition coefficient (Wildman–Crippen LogP) is 2.92. The van der Waals surface area contributed by atoms with Crippen LogP contribution < -0.4 is 19.6 Å². The summed E-state index contributed by atoms with van der Waals surface area (Å²) in [5.74, 6) is 1.87. The Morgan fingerprint density at radius 2 is 1.76 bits per heavy atom. The Bertz CT molecular complexity index is 640. The number of hydrogen-bond donors (Lipinski definition) is 1. The molecule has 0 aliphatic rings. The molecule has 1 heterocycles. The zero-order valence-corrected chi connectivity index (χ0v) is 13.2. The summed E-state index contributed by atoms with van der Waals surface area (Å²) in [5.41, 5.74) is 4.61. The molecule has 21 heavy (non-hydrogen) atoms. The van der Waals surface area contributed by atoms with Gasteiger partial charge in [0.1, 0.15) is 5.75 Å². The summed E-state index contributed by atoms with van der Waals surface area (Å²) < 4.78 is 15.8. The first-order chi connectivity index (χ1) is 10.2. The van der Waals surface area contributed by atoms with Gasteiger partial charge in [-0.15, -0.1) is 11.3 Å². The molecule has 7 heteroatoms. The van der Waals surface area contributed by atoms with Crippen molar-refractivity contribution in [2.24, 2.45) is 5.10 Å². The number of rotatable bonds is 6. The van der Waals surface area contributed by atoms with Crippen molar-refractivity contribution in [1.29, 1.82) is 0 Å². The molecule has 6 nitrogen and oxygen atoms in total. The lowest BCUT2D eigenvalue weighted by molar-refractivity contribution is 0.349. The first-order valence-electron chi connectivity index (χ1n) is 6.19. The maximum Gasteiger partial charge on any atom is 0.203 e. The molecule has 112 valence electrons. The summed E-state index contributed by atoms with van der Waals surface area (Å²) in [6, 6.07) is 3.56. The van der Waals surface area contributed by atoms with Crippen molar-refractivity contribution in [3.05, 3.63) is 28.8 Å². The van der Waals surface area contributed by atoms with E-state index in [0.717, 1.165) is 16.4 Å². The van der Waals surface area contributed by atoms with Gasteiger partial charge in [0.25, 0.3) is 0 Å². The number of ether oxygens (including phenoxy) is 3. The molecule has 2 aromatic rings. The summed E-state index contributed by atoms with van der Waals surface area (Å²) in [6.07, 6.45) is 1.65. The maximum atomic E-state index is 5.33. The molecule has 1 aromatic heterocycles. The third-order valence-electron chi connectivity index (χ3n) is 2.72. The fraction of sp³-hybridized carbons (Fsp3) is 0.286. The normalized spacial score (nSPS) is 10.7. The van der Waals surface area contributed by atoms with Gasteiger partial charge >= 0.3 is 0 Å². The second-order valence-electron chi connectivity index (χ2n) is 4.11. The Morgan fingerprint density at radius 3 is 2.33 bits per heavy atom. The molecule has 0 atom stereocenters. The molecule has 0 amide bonds. The lowest BCUT2D eigenvalue weighted by atomic mass is 10.2. The van der Waals surface area contributed by atoms with Crippen LogP contribution in [0.25, 0.3) is 0 Å². The largest absolute Gasteiger partial charge is 0.496 e. The van der Waals surface area contributed by atoms with Crippen LogP contribution in [0.3, 0.4) is 0 Å². The highest BCUT2D eigenvalue weighted by Gasteiger charge is 2.10. The second kappa shape index (κ2) is 6.94. The van der Waals surface area contributed by atoms with E-state index in [-0.39, 0.29) is 0 Å². The van der Waals surface area contributed by atoms with Crippen molar-refractivity contribution in [3.63, 3.8) is 0 Å². The molecule has 0 saturated carbocycles. The van der Waals surface area contributed by atoms with Gasteiger partial charge in [-0.05, 0) is 13.0 Å². The molecule has 1 N–H and O–H groups in total. The lowest BCUT2D eigenvalue weighted by Crippen LogP contribution is -1.97. The van der Waals surface area contributed by atoms with Gasteiger partial charge in [-0.2, -0.15) is 5.10 Å². The van der Waals surface area contributed by atoms with Crippen LogP contribution in [-0.4, -0.2) is 32.5 Å². The van der Waals surface area contributed by atoms with Crippen LogP contribution in [0.15, 0.2) is 22.6 Å². The van der Waals surface area contributed by atoms with Crippen molar-refractivity contribution in [2.45, 2.75) is 6.92 Å². The van der Waals surface area contributed by atoms with Crippen LogP contribution >= 0.6 is 11.3 Å². The number of aryl methyl sites for hydroxylation is 1. The van der Waals surface area contributed by atoms with Gasteiger partial charge in [-0.3, -0.25) is 5.43 Å². The van der Waals surface area contributed by atoms with Crippen LogP contribution in [0, 0.1) is 6.92 Å². The van der Waals surface area contributed by atoms with E-state index in [1.165, 1.54) is 11.3 Å². The van der Waals surface area contributed by atoms with Gasteiger partial charge < -0.3 is 14.2 Å². The fourth-order valence-electron chi connectivity index (χ4n) is 1.72. The quantitative estimate of drug-likeness (QED) is 0.656. The van der Waals surface area contributed by atoms with Crippen LogP contribution in [0.4, 0.5) is 5.13 Å². The van der Waals surface area contributed by atoms with Crippen LogP contribution in [0.1, 0.15) is 11.3 Å². The third-order valence-corrected chi connectivity index (χ3v) is 3.58. The number of nitrogens with zero attached hydrogens (tertiary/aromatic N) is 2. The topological polar surface area (TPSA) is 65.0 Å². The minimum atomic E-state index is 0.606. The smallest absolute Gasteiger partial charge is 0.203 e. The molecule has 0 unspecified atom stereocenters. The number of hydrogen-bond acceptors (Lipinski definition) is 7. The number of aromatic nitrogens is 1. The number of methoxy groups -OCH3 is 3. The number of nitrogens with one attached hydrogen (secondary N) is 1. The predicted molar refractivity (Wildman–Crippen MR) is 84.2 cm³/mol. The van der Waals surface area contributed by atoms with Gasteiger partial charge in [-0.25, -0.2) is 4.98 Å². The fourth-order valence-corrected chi connectivity index (χ4v) is 2.35. The first kappa shape index (κ1) is 15.1. The number of benzene rings is 1. The molecule has 0 radical (unpaired) electrons. The SMILES string of the molecule is COc1cc(OC)c(OC)cc1/C=N\Nc1nc(C)cs1. The van der Waals surface area contributed by atoms with Crippen molar-refractivity contribution in [1.82, 2.24) is 4.98 Å². The van der Waals surface area contributed by atoms with Crippen molar-refractivity contribution in [3.8, 4) is 17.2 Å². The Balaban J connectivity index is 2.21. The van der Waals surface area contributed by atoms with E-state index < -0.39 is 0 Å². The van der Waals surface area contributed by atoms with E-state index in [1.54, 1.807) is 39.7 Å². The average Bonchev–Trinajstić information content (AvgIpc) is 2.92. The zero-order valence-electron chi connectivity index (χ0n) is 12.3. The number of hydrazone groups is 1. The van der Waals surface area contributed by atoms with Crippen molar-refractivity contribution in [2.75, 3.05) is 26.8 Å². The van der Waals surface area contributed by atoms with Gasteiger partial charge in [0.15, 0.2) is 11.5 Å². The third kappa shape index (κ3) is 3.63. The van der Waals surface area contributed by atoms with Crippen LogP contribution in [-0.2, 0) is 0 Å². The van der Waals surface area contributed by atoms with E-state index in [1.807, 2.05) is 12.3 Å². The molecular weight excluding hydrogens is 290 g/mol. The summed E-state index contributed by atoms with van der Waals surface area (Å²) in [6.45, 7) is 1.93. The van der Waals surface area contributed by atoms with Gasteiger partial charge in [0.05, 0.1) is 33.2 Å². The second-order valence-corrected chi connectivity index (χ2v) is 4.97. The summed E-state index contributed by atoms with van der Waals surface area (Å²) in [5, 5.41) is 6.85. The van der Waals surface area contributed by atoms with Gasteiger partial charge in [-0.1, -0.05) is 0 Å². The first-order valence-corrected chi connectivity index (χ1v) is 7.07. The molecule has 0 spiro atoms. The lowest BCUT2D eigenvalue weighted by Gasteiger charge is -2.11. The van der Waals surface area contributed by atoms with E-state index in [2.05, 4.69) is 15.5 Å². The standard InChI is InChI=1S/C14H17N3O3S/c1-9-8-21-14(16-9)17-15-7-10-5-12(19-3)13(20-4)6-11(10)18-2/h5-8H,1-4H3,(H,16,17)/b15-7-. The molecule has 0 aliphatic heterocycles. The van der Waals surface area contributed by atoms with E-state index in [4.69, 9.17) is 14.2 Å². The number of thiazole rings is 1. The zero-order chi connectivity index (χ0) is 15.2. The van der Waals surface area contributed by atoms with Crippen molar-refractivity contribution < 1.29 is 14.2 Å². The van der Waals surface area contributed by atoms with Crippen LogP contribution in [0.2, 0.25) is 0 Å². The minimum Gasteiger partial charge on any atom is -0.496 e. The maximum absolute atomic E-state index is 5.33. The molecule has 0 bridgehead atoms. The number of anilines is 1. The summed E-state index contributed by atoms with van der Waals surface area (Å²) in [7, 11) is 4.76. The Kier molecular flexibility index (Phi) is 4.99.